The number of rotatable bonds is 4. The predicted molar refractivity (Wildman–Crippen MR) is 53.0 cm³/mol. The van der Waals surface area contributed by atoms with Gasteiger partial charge in [0.05, 0.1) is 0 Å². The van der Waals surface area contributed by atoms with Gasteiger partial charge in [-0.3, -0.25) is 0 Å². The highest BCUT2D eigenvalue weighted by atomic mass is 79.9. The van der Waals surface area contributed by atoms with Gasteiger partial charge in [-0.2, -0.15) is 8.78 Å². The molecule has 5 heteroatoms. The topological polar surface area (TPSA) is 35.2 Å². The zero-order chi connectivity index (χ0) is 10.6. The summed E-state index contributed by atoms with van der Waals surface area (Å²) in [7, 11) is 0. The minimum Gasteiger partial charge on any atom is -0.328 e. The van der Waals surface area contributed by atoms with Crippen LogP contribution in [0.1, 0.15) is 11.7 Å². The molecule has 78 valence electrons. The third kappa shape index (κ3) is 3.01. The molecule has 1 unspecified atom stereocenters. The Labute approximate surface area is 89.2 Å². The summed E-state index contributed by atoms with van der Waals surface area (Å²) in [6, 6.07) is 7.00. The lowest BCUT2D eigenvalue weighted by Gasteiger charge is -2.16. The van der Waals surface area contributed by atoms with Crippen molar-refractivity contribution in [2.24, 2.45) is 5.73 Å². The molecule has 0 amide bonds. The van der Waals surface area contributed by atoms with Gasteiger partial charge in [-0.1, -0.05) is 34.1 Å². The van der Waals surface area contributed by atoms with E-state index in [1.807, 2.05) is 0 Å². The number of hydrogen-bond donors (Lipinski definition) is 1. The summed E-state index contributed by atoms with van der Waals surface area (Å²) in [5.74, 6) is 0. The Kier molecular flexibility index (Phi) is 4.44. The molecular weight excluding hydrogens is 256 g/mol. The normalized spacial score (nSPS) is 13.2. The van der Waals surface area contributed by atoms with Crippen molar-refractivity contribution >= 4 is 15.9 Å². The summed E-state index contributed by atoms with van der Waals surface area (Å²) in [6.45, 7) is -2.79. The van der Waals surface area contributed by atoms with Gasteiger partial charge in [-0.05, 0) is 11.6 Å². The molecule has 14 heavy (non-hydrogen) atoms. The van der Waals surface area contributed by atoms with Crippen LogP contribution in [0, 0.1) is 0 Å². The van der Waals surface area contributed by atoms with Crippen LogP contribution in [-0.4, -0.2) is 13.2 Å². The fourth-order valence-electron chi connectivity index (χ4n) is 1.12. The van der Waals surface area contributed by atoms with Crippen molar-refractivity contribution in [2.75, 3.05) is 6.54 Å². The Bertz CT molecular complexity index is 296. The zero-order valence-electron chi connectivity index (χ0n) is 7.29. The highest BCUT2D eigenvalue weighted by Gasteiger charge is 2.17. The second-order valence-electron chi connectivity index (χ2n) is 2.64. The molecule has 1 aromatic carbocycles. The Hall–Kier alpha value is -0.520. The van der Waals surface area contributed by atoms with Gasteiger partial charge in [0, 0.05) is 11.0 Å². The number of halogens is 3. The Morgan fingerprint density at radius 1 is 1.36 bits per heavy atom. The molecule has 2 nitrogen and oxygen atoms in total. The van der Waals surface area contributed by atoms with Crippen LogP contribution in [0.3, 0.4) is 0 Å². The van der Waals surface area contributed by atoms with Gasteiger partial charge in [-0.25, -0.2) is 0 Å². The molecular formula is C9H10BrF2NO. The lowest BCUT2D eigenvalue weighted by molar-refractivity contribution is -0.162. The molecule has 0 aromatic heterocycles. The fourth-order valence-corrected chi connectivity index (χ4v) is 1.66. The smallest absolute Gasteiger partial charge is 0.328 e. The number of ether oxygens (including phenoxy) is 1. The first kappa shape index (κ1) is 11.6. The summed E-state index contributed by atoms with van der Waals surface area (Å²) in [5.41, 5.74) is 5.98. The van der Waals surface area contributed by atoms with Crippen molar-refractivity contribution < 1.29 is 13.5 Å². The van der Waals surface area contributed by atoms with Gasteiger partial charge in [0.2, 0.25) is 0 Å². The van der Waals surface area contributed by atoms with Crippen molar-refractivity contribution in [3.63, 3.8) is 0 Å². The summed E-state index contributed by atoms with van der Waals surface area (Å²) < 4.78 is 29.1. The average molecular weight is 266 g/mol. The first-order valence-electron chi connectivity index (χ1n) is 4.03. The molecule has 0 radical (unpaired) electrons. The molecule has 0 bridgehead atoms. The van der Waals surface area contributed by atoms with Crippen LogP contribution >= 0.6 is 15.9 Å². The van der Waals surface area contributed by atoms with Crippen LogP contribution in [0.5, 0.6) is 0 Å². The molecule has 0 aliphatic rings. The second-order valence-corrected chi connectivity index (χ2v) is 3.50. The number of hydrogen-bond acceptors (Lipinski definition) is 2. The summed E-state index contributed by atoms with van der Waals surface area (Å²) in [4.78, 5) is 0. The number of alkyl halides is 2. The standard InChI is InChI=1S/C9H10BrF2NO/c10-7-4-2-1-3-6(7)8(5-13)14-9(11)12/h1-4,8-9H,5,13H2. The van der Waals surface area contributed by atoms with E-state index in [4.69, 9.17) is 5.73 Å². The van der Waals surface area contributed by atoms with E-state index in [0.717, 1.165) is 4.47 Å². The third-order valence-corrected chi connectivity index (χ3v) is 2.46. The SMILES string of the molecule is NCC(OC(F)F)c1ccccc1Br. The van der Waals surface area contributed by atoms with Crippen molar-refractivity contribution in [1.82, 2.24) is 0 Å². The molecule has 1 rings (SSSR count). The first-order chi connectivity index (χ1) is 6.65. The summed E-state index contributed by atoms with van der Waals surface area (Å²) >= 11 is 3.25. The number of nitrogens with two attached hydrogens (primary N) is 1. The monoisotopic (exact) mass is 265 g/mol. The third-order valence-electron chi connectivity index (χ3n) is 1.73. The maximum Gasteiger partial charge on any atom is 0.345 e. The van der Waals surface area contributed by atoms with Crippen LogP contribution in [0.4, 0.5) is 8.78 Å². The summed E-state index contributed by atoms with van der Waals surface area (Å²) in [5, 5.41) is 0. The Morgan fingerprint density at radius 3 is 2.50 bits per heavy atom. The molecule has 0 saturated carbocycles. The van der Waals surface area contributed by atoms with E-state index < -0.39 is 12.7 Å². The maximum absolute atomic E-state index is 12.0. The molecule has 1 atom stereocenters. The number of benzene rings is 1. The fraction of sp³-hybridized carbons (Fsp3) is 0.333. The Balaban J connectivity index is 2.83. The van der Waals surface area contributed by atoms with Crippen molar-refractivity contribution in [1.29, 1.82) is 0 Å². The zero-order valence-corrected chi connectivity index (χ0v) is 8.88. The van der Waals surface area contributed by atoms with Crippen LogP contribution < -0.4 is 5.73 Å². The largest absolute Gasteiger partial charge is 0.345 e. The minimum absolute atomic E-state index is 0.0208. The molecule has 0 aliphatic carbocycles. The molecule has 0 saturated heterocycles. The van der Waals surface area contributed by atoms with Crippen LogP contribution in [-0.2, 0) is 4.74 Å². The minimum atomic E-state index is -2.81. The lowest BCUT2D eigenvalue weighted by atomic mass is 10.1. The molecule has 1 aromatic rings. The van der Waals surface area contributed by atoms with E-state index in [-0.39, 0.29) is 6.54 Å². The molecule has 0 fully saturated rings. The van der Waals surface area contributed by atoms with Crippen molar-refractivity contribution in [3.05, 3.63) is 34.3 Å². The van der Waals surface area contributed by atoms with E-state index in [1.165, 1.54) is 0 Å². The summed E-state index contributed by atoms with van der Waals surface area (Å²) in [6.07, 6.45) is -0.773. The maximum atomic E-state index is 12.0. The van der Waals surface area contributed by atoms with Gasteiger partial charge in [-0.15, -0.1) is 0 Å². The Morgan fingerprint density at radius 2 is 2.00 bits per heavy atom. The van der Waals surface area contributed by atoms with Crippen LogP contribution in [0.15, 0.2) is 28.7 Å². The highest BCUT2D eigenvalue weighted by Crippen LogP contribution is 2.26. The van der Waals surface area contributed by atoms with Crippen molar-refractivity contribution in [2.45, 2.75) is 12.7 Å². The van der Waals surface area contributed by atoms with Gasteiger partial charge < -0.3 is 10.5 Å². The van der Waals surface area contributed by atoms with E-state index in [9.17, 15) is 8.78 Å². The molecule has 0 heterocycles. The van der Waals surface area contributed by atoms with Crippen LogP contribution in [0.25, 0.3) is 0 Å². The van der Waals surface area contributed by atoms with Gasteiger partial charge in [0.1, 0.15) is 6.10 Å². The van der Waals surface area contributed by atoms with E-state index in [1.54, 1.807) is 24.3 Å². The van der Waals surface area contributed by atoms with E-state index in [2.05, 4.69) is 20.7 Å². The van der Waals surface area contributed by atoms with E-state index >= 15 is 0 Å². The average Bonchev–Trinajstić information content (AvgIpc) is 2.15. The quantitative estimate of drug-likeness (QED) is 0.909. The van der Waals surface area contributed by atoms with Gasteiger partial charge >= 0.3 is 6.61 Å². The van der Waals surface area contributed by atoms with Crippen LogP contribution in [0.2, 0.25) is 0 Å². The molecule has 0 aliphatic heterocycles. The highest BCUT2D eigenvalue weighted by molar-refractivity contribution is 9.10. The van der Waals surface area contributed by atoms with Crippen molar-refractivity contribution in [3.8, 4) is 0 Å². The first-order valence-corrected chi connectivity index (χ1v) is 4.82. The molecule has 0 spiro atoms. The van der Waals surface area contributed by atoms with E-state index in [0.29, 0.717) is 5.56 Å². The molecule has 2 N–H and O–H groups in total. The lowest BCUT2D eigenvalue weighted by Crippen LogP contribution is -2.18. The van der Waals surface area contributed by atoms with Gasteiger partial charge in [0.15, 0.2) is 0 Å². The second kappa shape index (κ2) is 5.38. The predicted octanol–water partition coefficient (Wildman–Crippen LogP) is 2.69. The van der Waals surface area contributed by atoms with Gasteiger partial charge in [0.25, 0.3) is 0 Å².